The van der Waals surface area contributed by atoms with Crippen LogP contribution >= 0.6 is 0 Å². The third kappa shape index (κ3) is 3.54. The van der Waals surface area contributed by atoms with Gasteiger partial charge in [-0.1, -0.05) is 30.4 Å². The first kappa shape index (κ1) is 20.0. The lowest BCUT2D eigenvalue weighted by atomic mass is 9.76. The third-order valence-electron chi connectivity index (χ3n) is 5.78. The van der Waals surface area contributed by atoms with E-state index in [1.54, 1.807) is 13.2 Å². The lowest BCUT2D eigenvalue weighted by molar-refractivity contribution is -0.132. The van der Waals surface area contributed by atoms with E-state index >= 15 is 0 Å². The molecule has 3 atom stereocenters. The minimum atomic E-state index is -0.391. The highest BCUT2D eigenvalue weighted by Crippen LogP contribution is 2.51. The fraction of sp³-hybridized carbons (Fsp3) is 0.333. The molecule has 2 aromatic carbocycles. The van der Waals surface area contributed by atoms with Crippen LogP contribution in [0.2, 0.25) is 0 Å². The van der Waals surface area contributed by atoms with Crippen molar-refractivity contribution < 1.29 is 19.1 Å². The number of para-hydroxylation sites is 1. The van der Waals surface area contributed by atoms with E-state index in [0.717, 1.165) is 23.2 Å². The van der Waals surface area contributed by atoms with Gasteiger partial charge in [0.15, 0.2) is 11.5 Å². The molecule has 3 unspecified atom stereocenters. The lowest BCUT2D eigenvalue weighted by Crippen LogP contribution is -2.32. The van der Waals surface area contributed by atoms with E-state index in [-0.39, 0.29) is 17.9 Å². The van der Waals surface area contributed by atoms with Crippen LogP contribution in [-0.2, 0) is 4.79 Å². The molecule has 6 nitrogen and oxygen atoms in total. The fourth-order valence-electron chi connectivity index (χ4n) is 4.51. The van der Waals surface area contributed by atoms with Crippen LogP contribution in [0.25, 0.3) is 0 Å². The van der Waals surface area contributed by atoms with Gasteiger partial charge in [-0.25, -0.2) is 0 Å². The van der Waals surface area contributed by atoms with Crippen molar-refractivity contribution in [1.82, 2.24) is 5.32 Å². The summed E-state index contributed by atoms with van der Waals surface area (Å²) in [6, 6.07) is 11.5. The average molecular weight is 406 g/mol. The van der Waals surface area contributed by atoms with Crippen molar-refractivity contribution in [2.45, 2.75) is 32.2 Å². The molecule has 6 heteroatoms. The molecule has 30 heavy (non-hydrogen) atoms. The maximum Gasteiger partial charge on any atom is 0.308 e. The Hall–Kier alpha value is -3.28. The summed E-state index contributed by atoms with van der Waals surface area (Å²) in [6.07, 6.45) is 5.40. The number of allylic oxidation sites excluding steroid dienone is 2. The van der Waals surface area contributed by atoms with Gasteiger partial charge in [0.05, 0.1) is 24.4 Å². The van der Waals surface area contributed by atoms with Crippen LogP contribution < -0.4 is 20.1 Å². The minimum absolute atomic E-state index is 0.00615. The van der Waals surface area contributed by atoms with E-state index in [4.69, 9.17) is 9.47 Å². The van der Waals surface area contributed by atoms with Crippen molar-refractivity contribution >= 4 is 17.6 Å². The van der Waals surface area contributed by atoms with Crippen LogP contribution in [0.5, 0.6) is 11.5 Å². The number of hydrogen-bond acceptors (Lipinski definition) is 5. The van der Waals surface area contributed by atoms with Gasteiger partial charge in [-0.15, -0.1) is 0 Å². The Balaban J connectivity index is 1.75. The maximum atomic E-state index is 12.7. The average Bonchev–Trinajstić information content (AvgIpc) is 3.23. The molecule has 0 aromatic heterocycles. The van der Waals surface area contributed by atoms with E-state index < -0.39 is 5.97 Å². The number of rotatable bonds is 5. The SMILES string of the molecule is CCNC(=O)c1cccc2c1NC(c1ccc(OC(C)=O)c(OC)c1)C1CC=CC21. The molecule has 1 amide bonds. The van der Waals surface area contributed by atoms with Gasteiger partial charge in [0.2, 0.25) is 0 Å². The number of fused-ring (bicyclic) bond motifs is 3. The Bertz CT molecular complexity index is 1010. The minimum Gasteiger partial charge on any atom is -0.493 e. The van der Waals surface area contributed by atoms with E-state index in [0.29, 0.717) is 29.5 Å². The third-order valence-corrected chi connectivity index (χ3v) is 5.78. The predicted molar refractivity (Wildman–Crippen MR) is 115 cm³/mol. The number of anilines is 1. The van der Waals surface area contributed by atoms with Crippen molar-refractivity contribution in [3.63, 3.8) is 0 Å². The molecule has 156 valence electrons. The molecule has 1 heterocycles. The van der Waals surface area contributed by atoms with Crippen molar-refractivity contribution in [3.05, 3.63) is 65.2 Å². The summed E-state index contributed by atoms with van der Waals surface area (Å²) in [5.41, 5.74) is 3.71. The van der Waals surface area contributed by atoms with Crippen LogP contribution in [0.15, 0.2) is 48.6 Å². The van der Waals surface area contributed by atoms with Crippen LogP contribution in [-0.4, -0.2) is 25.5 Å². The Labute approximate surface area is 176 Å². The second-order valence-electron chi connectivity index (χ2n) is 7.61. The monoisotopic (exact) mass is 406 g/mol. The summed E-state index contributed by atoms with van der Waals surface area (Å²) in [4.78, 5) is 24.0. The zero-order chi connectivity index (χ0) is 21.3. The highest BCUT2D eigenvalue weighted by molar-refractivity contribution is 6.00. The van der Waals surface area contributed by atoms with Crippen LogP contribution in [0.4, 0.5) is 5.69 Å². The second kappa shape index (κ2) is 8.22. The summed E-state index contributed by atoms with van der Waals surface area (Å²) in [6.45, 7) is 3.85. The van der Waals surface area contributed by atoms with Crippen molar-refractivity contribution in [2.24, 2.45) is 5.92 Å². The molecule has 0 saturated carbocycles. The second-order valence-corrected chi connectivity index (χ2v) is 7.61. The summed E-state index contributed by atoms with van der Waals surface area (Å²) in [7, 11) is 1.56. The number of esters is 1. The summed E-state index contributed by atoms with van der Waals surface area (Å²) >= 11 is 0. The standard InChI is InChI=1S/C24H26N2O4/c1-4-25-24(28)19-10-6-9-18-16-7-5-8-17(16)22(26-23(18)19)15-11-12-20(30-14(2)27)21(13-15)29-3/h5-7,9-13,16-17,22,26H,4,8H2,1-3H3,(H,25,28). The lowest BCUT2D eigenvalue weighted by Gasteiger charge is -2.38. The van der Waals surface area contributed by atoms with Gasteiger partial charge in [0.25, 0.3) is 5.91 Å². The largest absolute Gasteiger partial charge is 0.493 e. The zero-order valence-electron chi connectivity index (χ0n) is 17.4. The predicted octanol–water partition coefficient (Wildman–Crippen LogP) is 4.20. The number of carbonyl (C=O) groups excluding carboxylic acids is 2. The Morgan fingerprint density at radius 3 is 2.77 bits per heavy atom. The van der Waals surface area contributed by atoms with Gasteiger partial charge >= 0.3 is 5.97 Å². The molecule has 0 radical (unpaired) electrons. The molecule has 0 saturated heterocycles. The summed E-state index contributed by atoms with van der Waals surface area (Å²) in [5.74, 6) is 0.996. The molecule has 1 aliphatic carbocycles. The number of ether oxygens (including phenoxy) is 2. The van der Waals surface area contributed by atoms with E-state index in [2.05, 4.69) is 28.9 Å². The topological polar surface area (TPSA) is 76.7 Å². The first-order chi connectivity index (χ1) is 14.5. The number of methoxy groups -OCH3 is 1. The van der Waals surface area contributed by atoms with Crippen molar-refractivity contribution in [3.8, 4) is 11.5 Å². The highest BCUT2D eigenvalue weighted by atomic mass is 16.6. The van der Waals surface area contributed by atoms with Gasteiger partial charge in [0.1, 0.15) is 0 Å². The molecular weight excluding hydrogens is 380 g/mol. The summed E-state index contributed by atoms with van der Waals surface area (Å²) < 4.78 is 10.7. The van der Waals surface area contributed by atoms with E-state index in [1.165, 1.54) is 6.92 Å². The molecule has 1 aliphatic heterocycles. The molecule has 2 aliphatic rings. The van der Waals surface area contributed by atoms with Crippen LogP contribution in [0.3, 0.4) is 0 Å². The molecule has 2 N–H and O–H groups in total. The molecule has 0 fully saturated rings. The first-order valence-corrected chi connectivity index (χ1v) is 10.2. The quantitative estimate of drug-likeness (QED) is 0.442. The molecule has 2 aromatic rings. The van der Waals surface area contributed by atoms with Crippen molar-refractivity contribution in [1.29, 1.82) is 0 Å². The van der Waals surface area contributed by atoms with Crippen molar-refractivity contribution in [2.75, 3.05) is 19.0 Å². The smallest absolute Gasteiger partial charge is 0.308 e. The normalized spacial score (nSPS) is 21.2. The van der Waals surface area contributed by atoms with Gasteiger partial charge in [0, 0.05) is 19.4 Å². The van der Waals surface area contributed by atoms with E-state index in [1.807, 2.05) is 31.2 Å². The Morgan fingerprint density at radius 2 is 2.03 bits per heavy atom. The van der Waals surface area contributed by atoms with Crippen LogP contribution in [0, 0.1) is 5.92 Å². The first-order valence-electron chi connectivity index (χ1n) is 10.2. The van der Waals surface area contributed by atoms with E-state index in [9.17, 15) is 9.59 Å². The van der Waals surface area contributed by atoms with Gasteiger partial charge in [-0.2, -0.15) is 0 Å². The Kier molecular flexibility index (Phi) is 5.48. The molecule has 0 bridgehead atoms. The number of nitrogens with one attached hydrogen (secondary N) is 2. The van der Waals surface area contributed by atoms with Crippen LogP contribution in [0.1, 0.15) is 53.7 Å². The van der Waals surface area contributed by atoms with Gasteiger partial charge in [-0.3, -0.25) is 9.59 Å². The van der Waals surface area contributed by atoms with Gasteiger partial charge < -0.3 is 20.1 Å². The molecule has 4 rings (SSSR count). The molecule has 0 spiro atoms. The zero-order valence-corrected chi connectivity index (χ0v) is 17.4. The number of amides is 1. The highest BCUT2D eigenvalue weighted by Gasteiger charge is 2.39. The number of benzene rings is 2. The molecular formula is C24H26N2O4. The summed E-state index contributed by atoms with van der Waals surface area (Å²) in [5, 5.41) is 6.54. The van der Waals surface area contributed by atoms with Gasteiger partial charge in [-0.05, 0) is 48.6 Å². The number of carbonyl (C=O) groups is 2. The Morgan fingerprint density at radius 1 is 1.20 bits per heavy atom. The number of hydrogen-bond donors (Lipinski definition) is 2. The fourth-order valence-corrected chi connectivity index (χ4v) is 4.51. The maximum absolute atomic E-state index is 12.7.